The third kappa shape index (κ3) is 3.93. The Bertz CT molecular complexity index is 434. The zero-order chi connectivity index (χ0) is 14.6. The van der Waals surface area contributed by atoms with E-state index in [1.54, 1.807) is 0 Å². The van der Waals surface area contributed by atoms with Crippen molar-refractivity contribution in [2.75, 3.05) is 6.54 Å². The summed E-state index contributed by atoms with van der Waals surface area (Å²) in [5, 5.41) is 3.61. The largest absolute Gasteiger partial charge is 0.309 e. The van der Waals surface area contributed by atoms with E-state index in [2.05, 4.69) is 48.9 Å². The van der Waals surface area contributed by atoms with Gasteiger partial charge in [-0.3, -0.25) is 0 Å². The predicted octanol–water partition coefficient (Wildman–Crippen LogP) is 5.72. The minimum Gasteiger partial charge on any atom is -0.309 e. The smallest absolute Gasteiger partial charge is 0.147 e. The van der Waals surface area contributed by atoms with E-state index in [4.69, 9.17) is 11.6 Å². The fourth-order valence-electron chi connectivity index (χ4n) is 2.06. The van der Waals surface area contributed by atoms with Crippen LogP contribution in [-0.2, 0) is 0 Å². The van der Waals surface area contributed by atoms with E-state index in [9.17, 15) is 4.39 Å². The van der Waals surface area contributed by atoms with Crippen molar-refractivity contribution in [3.63, 3.8) is 0 Å². The van der Waals surface area contributed by atoms with Gasteiger partial charge in [0.1, 0.15) is 5.82 Å². The highest BCUT2D eigenvalue weighted by Crippen LogP contribution is 2.40. The molecule has 1 unspecified atom stereocenters. The molecule has 0 heterocycles. The zero-order valence-corrected chi connectivity index (χ0v) is 14.3. The lowest BCUT2D eigenvalue weighted by Crippen LogP contribution is -2.35. The molecule has 4 heteroatoms. The second kappa shape index (κ2) is 7.05. The first kappa shape index (κ1) is 16.9. The Morgan fingerprint density at radius 3 is 2.53 bits per heavy atom. The Kier molecular flexibility index (Phi) is 6.28. The van der Waals surface area contributed by atoms with Crippen molar-refractivity contribution in [1.82, 2.24) is 5.32 Å². The van der Waals surface area contributed by atoms with E-state index in [-0.39, 0.29) is 22.3 Å². The predicted molar refractivity (Wildman–Crippen MR) is 84.2 cm³/mol. The minimum atomic E-state index is -0.328. The number of nitrogens with one attached hydrogen (secondary N) is 1. The first-order valence-corrected chi connectivity index (χ1v) is 7.89. The van der Waals surface area contributed by atoms with Crippen LogP contribution in [0, 0.1) is 11.2 Å². The van der Waals surface area contributed by atoms with Gasteiger partial charge in [0.25, 0.3) is 0 Å². The highest BCUT2D eigenvalue weighted by atomic mass is 79.9. The summed E-state index contributed by atoms with van der Waals surface area (Å²) >= 11 is 9.26. The summed E-state index contributed by atoms with van der Waals surface area (Å²) in [5.41, 5.74) is 0.612. The van der Waals surface area contributed by atoms with Crippen molar-refractivity contribution >= 4 is 27.5 Å². The highest BCUT2D eigenvalue weighted by Gasteiger charge is 2.31. The average Bonchev–Trinajstić information content (AvgIpc) is 2.38. The fraction of sp³-hybridized carbons (Fsp3) is 0.600. The highest BCUT2D eigenvalue weighted by molar-refractivity contribution is 9.10. The van der Waals surface area contributed by atoms with Gasteiger partial charge in [0.05, 0.1) is 5.02 Å². The molecule has 1 atom stereocenters. The van der Waals surface area contributed by atoms with Crippen LogP contribution in [0.15, 0.2) is 16.6 Å². The zero-order valence-electron chi connectivity index (χ0n) is 12.0. The molecule has 0 amide bonds. The van der Waals surface area contributed by atoms with Crippen molar-refractivity contribution in [3.05, 3.63) is 33.0 Å². The molecule has 1 nitrogen and oxygen atoms in total. The van der Waals surface area contributed by atoms with Crippen molar-refractivity contribution in [2.45, 2.75) is 46.6 Å². The first-order valence-electron chi connectivity index (χ1n) is 6.71. The molecule has 108 valence electrons. The standard InChI is InChI=1S/C15H22BrClFN/c1-5-9-19-14(15(3,4)6-2)10-7-8-11(16)12(17)13(10)18/h7-8,14,19H,5-6,9H2,1-4H3. The van der Waals surface area contributed by atoms with E-state index < -0.39 is 0 Å². The van der Waals surface area contributed by atoms with E-state index in [0.29, 0.717) is 10.0 Å². The van der Waals surface area contributed by atoms with Gasteiger partial charge in [-0.2, -0.15) is 0 Å². The molecule has 0 saturated heterocycles. The van der Waals surface area contributed by atoms with Crippen molar-refractivity contribution in [1.29, 1.82) is 0 Å². The Balaban J connectivity index is 3.21. The van der Waals surface area contributed by atoms with Gasteiger partial charge in [0.15, 0.2) is 0 Å². The minimum absolute atomic E-state index is 0.0346. The number of rotatable bonds is 6. The molecule has 0 aromatic heterocycles. The maximum atomic E-state index is 14.4. The van der Waals surface area contributed by atoms with E-state index in [1.165, 1.54) is 0 Å². The van der Waals surface area contributed by atoms with Gasteiger partial charge < -0.3 is 5.32 Å². The molecule has 1 N–H and O–H groups in total. The van der Waals surface area contributed by atoms with Gasteiger partial charge in [0, 0.05) is 16.1 Å². The summed E-state index contributed by atoms with van der Waals surface area (Å²) in [6, 6.07) is 3.59. The molecule has 0 fully saturated rings. The van der Waals surface area contributed by atoms with Crippen LogP contribution in [0.3, 0.4) is 0 Å². The lowest BCUT2D eigenvalue weighted by molar-refractivity contribution is 0.230. The third-order valence-electron chi connectivity index (χ3n) is 3.67. The molecule has 0 aliphatic carbocycles. The molecular weight excluding hydrogens is 329 g/mol. The van der Waals surface area contributed by atoms with Crippen LogP contribution in [-0.4, -0.2) is 6.54 Å². The molecule has 0 bridgehead atoms. The number of halogens is 3. The molecule has 0 aliphatic rings. The fourth-order valence-corrected chi connectivity index (χ4v) is 2.54. The topological polar surface area (TPSA) is 12.0 Å². The summed E-state index contributed by atoms with van der Waals surface area (Å²) in [6.45, 7) is 9.39. The maximum absolute atomic E-state index is 14.4. The Morgan fingerprint density at radius 1 is 1.37 bits per heavy atom. The summed E-state index contributed by atoms with van der Waals surface area (Å²) in [5.74, 6) is -0.328. The molecule has 1 aromatic rings. The van der Waals surface area contributed by atoms with Crippen molar-refractivity contribution in [2.24, 2.45) is 5.41 Å². The van der Waals surface area contributed by atoms with Crippen molar-refractivity contribution < 1.29 is 4.39 Å². The lowest BCUT2D eigenvalue weighted by Gasteiger charge is -2.35. The average molecular weight is 351 g/mol. The molecule has 0 spiro atoms. The first-order chi connectivity index (χ1) is 8.85. The Hall–Kier alpha value is -0.120. The molecule has 0 saturated carbocycles. The second-order valence-corrected chi connectivity index (χ2v) is 6.73. The normalized spacial score (nSPS) is 13.6. The lowest BCUT2D eigenvalue weighted by atomic mass is 9.78. The molecular formula is C15H22BrClFN. The third-order valence-corrected chi connectivity index (χ3v) is 4.93. The SMILES string of the molecule is CCCNC(c1ccc(Br)c(Cl)c1F)C(C)(C)CC. The van der Waals surface area contributed by atoms with E-state index >= 15 is 0 Å². The van der Waals surface area contributed by atoms with Gasteiger partial charge in [-0.15, -0.1) is 0 Å². The van der Waals surface area contributed by atoms with Crippen LogP contribution in [0.4, 0.5) is 4.39 Å². The number of benzene rings is 1. The van der Waals surface area contributed by atoms with Crippen LogP contribution in [0.1, 0.15) is 52.1 Å². The summed E-state index contributed by atoms with van der Waals surface area (Å²) in [7, 11) is 0. The second-order valence-electron chi connectivity index (χ2n) is 5.49. The van der Waals surface area contributed by atoms with E-state index in [1.807, 2.05) is 12.1 Å². The van der Waals surface area contributed by atoms with Crippen LogP contribution in [0.25, 0.3) is 0 Å². The van der Waals surface area contributed by atoms with Gasteiger partial charge in [-0.05, 0) is 46.8 Å². The maximum Gasteiger partial charge on any atom is 0.147 e. The van der Waals surface area contributed by atoms with Crippen LogP contribution in [0.2, 0.25) is 5.02 Å². The van der Waals surface area contributed by atoms with Gasteiger partial charge in [0.2, 0.25) is 0 Å². The monoisotopic (exact) mass is 349 g/mol. The molecule has 1 rings (SSSR count). The Labute approximate surface area is 129 Å². The quantitative estimate of drug-likeness (QED) is 0.647. The Morgan fingerprint density at radius 2 is 2.00 bits per heavy atom. The van der Waals surface area contributed by atoms with E-state index in [0.717, 1.165) is 19.4 Å². The van der Waals surface area contributed by atoms with Crippen LogP contribution in [0.5, 0.6) is 0 Å². The van der Waals surface area contributed by atoms with Crippen LogP contribution >= 0.6 is 27.5 Å². The van der Waals surface area contributed by atoms with Gasteiger partial charge >= 0.3 is 0 Å². The molecule has 0 radical (unpaired) electrons. The van der Waals surface area contributed by atoms with Gasteiger partial charge in [-0.25, -0.2) is 4.39 Å². The van der Waals surface area contributed by atoms with Crippen molar-refractivity contribution in [3.8, 4) is 0 Å². The summed E-state index contributed by atoms with van der Waals surface area (Å²) < 4.78 is 15.0. The molecule has 1 aromatic carbocycles. The van der Waals surface area contributed by atoms with Gasteiger partial charge in [-0.1, -0.05) is 45.4 Å². The molecule has 0 aliphatic heterocycles. The summed E-state index contributed by atoms with van der Waals surface area (Å²) in [4.78, 5) is 0. The number of hydrogen-bond acceptors (Lipinski definition) is 1. The number of hydrogen-bond donors (Lipinski definition) is 1. The van der Waals surface area contributed by atoms with Crippen LogP contribution < -0.4 is 5.32 Å². The molecule has 19 heavy (non-hydrogen) atoms. The summed E-state index contributed by atoms with van der Waals surface area (Å²) in [6.07, 6.45) is 1.98.